The van der Waals surface area contributed by atoms with Crippen molar-refractivity contribution in [1.82, 2.24) is 9.55 Å². The lowest BCUT2D eigenvalue weighted by molar-refractivity contribution is -0.142. The number of hydrogen-bond donors (Lipinski definition) is 0. The highest BCUT2D eigenvalue weighted by molar-refractivity contribution is 5.74. The van der Waals surface area contributed by atoms with Crippen molar-refractivity contribution < 1.29 is 17.6 Å². The first-order chi connectivity index (χ1) is 7.80. The van der Waals surface area contributed by atoms with Gasteiger partial charge in [0.2, 0.25) is 5.69 Å². The van der Waals surface area contributed by atoms with E-state index in [0.29, 0.717) is 0 Å². The molecule has 90 valence electrons. The van der Waals surface area contributed by atoms with Gasteiger partial charge in [0.25, 0.3) is 5.56 Å². The van der Waals surface area contributed by atoms with Crippen LogP contribution in [0.3, 0.4) is 0 Å². The predicted octanol–water partition coefficient (Wildman–Crippen LogP) is 2.09. The second-order valence-electron chi connectivity index (χ2n) is 3.46. The van der Waals surface area contributed by atoms with Gasteiger partial charge in [0.05, 0.1) is 11.0 Å². The Morgan fingerprint density at radius 3 is 2.53 bits per heavy atom. The van der Waals surface area contributed by atoms with Gasteiger partial charge in [0.15, 0.2) is 0 Å². The second kappa shape index (κ2) is 3.54. The van der Waals surface area contributed by atoms with E-state index in [9.17, 15) is 22.4 Å². The van der Waals surface area contributed by atoms with Crippen LogP contribution in [0.4, 0.5) is 17.6 Å². The summed E-state index contributed by atoms with van der Waals surface area (Å²) in [5.41, 5.74) is -2.86. The van der Waals surface area contributed by atoms with Crippen LogP contribution in [-0.4, -0.2) is 9.55 Å². The summed E-state index contributed by atoms with van der Waals surface area (Å²) < 4.78 is 51.1. The number of halogens is 4. The number of rotatable bonds is 0. The maximum atomic E-state index is 12.9. The lowest BCUT2D eigenvalue weighted by atomic mass is 10.2. The van der Waals surface area contributed by atoms with Crippen LogP contribution in [0.15, 0.2) is 23.0 Å². The molecule has 0 aliphatic carbocycles. The summed E-state index contributed by atoms with van der Waals surface area (Å²) in [7, 11) is 1.14. The fraction of sp³-hybridized carbons (Fsp3) is 0.200. The Hall–Kier alpha value is -1.92. The van der Waals surface area contributed by atoms with Gasteiger partial charge in [-0.3, -0.25) is 4.79 Å². The zero-order valence-electron chi connectivity index (χ0n) is 8.55. The van der Waals surface area contributed by atoms with Gasteiger partial charge in [-0.05, 0) is 18.2 Å². The molecule has 0 amide bonds. The SMILES string of the molecule is Cn1c(=O)c(C(F)(F)F)nc2ccc(F)cc21. The first kappa shape index (κ1) is 11.6. The maximum Gasteiger partial charge on any atom is 0.438 e. The van der Waals surface area contributed by atoms with E-state index in [4.69, 9.17) is 0 Å². The standard InChI is InChI=1S/C10H6F4N2O/c1-16-7-4-5(11)2-3-6(7)15-8(9(16)17)10(12,13)14/h2-4H,1H3. The van der Waals surface area contributed by atoms with Gasteiger partial charge in [-0.15, -0.1) is 0 Å². The van der Waals surface area contributed by atoms with Crippen LogP contribution >= 0.6 is 0 Å². The largest absolute Gasteiger partial charge is 0.438 e. The Balaban J connectivity index is 2.90. The minimum Gasteiger partial charge on any atom is -0.308 e. The second-order valence-corrected chi connectivity index (χ2v) is 3.46. The van der Waals surface area contributed by atoms with Crippen molar-refractivity contribution in [2.75, 3.05) is 0 Å². The van der Waals surface area contributed by atoms with E-state index < -0.39 is 23.2 Å². The van der Waals surface area contributed by atoms with Crippen molar-refractivity contribution in [3.05, 3.63) is 40.1 Å². The summed E-state index contributed by atoms with van der Waals surface area (Å²) in [5.74, 6) is -0.644. The van der Waals surface area contributed by atoms with Gasteiger partial charge in [0.1, 0.15) is 5.82 Å². The molecule has 17 heavy (non-hydrogen) atoms. The number of aromatic nitrogens is 2. The van der Waals surface area contributed by atoms with E-state index in [1.807, 2.05) is 0 Å². The summed E-state index contributed by atoms with van der Waals surface area (Å²) in [6.07, 6.45) is -4.82. The predicted molar refractivity (Wildman–Crippen MR) is 51.9 cm³/mol. The fourth-order valence-corrected chi connectivity index (χ4v) is 1.48. The molecule has 0 saturated heterocycles. The molecule has 3 nitrogen and oxygen atoms in total. The molecule has 2 aromatic rings. The monoisotopic (exact) mass is 246 g/mol. The number of hydrogen-bond acceptors (Lipinski definition) is 2. The molecular formula is C10H6F4N2O. The normalized spacial score (nSPS) is 12.1. The van der Waals surface area contributed by atoms with Gasteiger partial charge in [0, 0.05) is 7.05 Å². The van der Waals surface area contributed by atoms with Crippen molar-refractivity contribution >= 4 is 11.0 Å². The smallest absolute Gasteiger partial charge is 0.308 e. The van der Waals surface area contributed by atoms with E-state index in [-0.39, 0.29) is 11.0 Å². The number of alkyl halides is 3. The zero-order valence-corrected chi connectivity index (χ0v) is 8.55. The summed E-state index contributed by atoms with van der Waals surface area (Å²) in [4.78, 5) is 14.6. The molecule has 0 N–H and O–H groups in total. The topological polar surface area (TPSA) is 34.9 Å². The first-order valence-electron chi connectivity index (χ1n) is 4.54. The fourth-order valence-electron chi connectivity index (χ4n) is 1.48. The molecule has 0 aliphatic rings. The van der Waals surface area contributed by atoms with Gasteiger partial charge in [-0.2, -0.15) is 13.2 Å². The minimum absolute atomic E-state index is 0.0167. The molecule has 0 fully saturated rings. The third kappa shape index (κ3) is 1.88. The Morgan fingerprint density at radius 2 is 1.94 bits per heavy atom. The van der Waals surface area contributed by atoms with Crippen LogP contribution in [0.2, 0.25) is 0 Å². The lowest BCUT2D eigenvalue weighted by Crippen LogP contribution is -2.29. The Bertz CT molecular complexity index is 645. The molecule has 0 saturated carbocycles. The molecule has 1 aromatic heterocycles. The van der Waals surface area contributed by atoms with E-state index in [2.05, 4.69) is 4.98 Å². The molecule has 7 heteroatoms. The third-order valence-electron chi connectivity index (χ3n) is 2.31. The van der Waals surface area contributed by atoms with E-state index in [0.717, 1.165) is 29.8 Å². The van der Waals surface area contributed by atoms with Crippen LogP contribution < -0.4 is 5.56 Å². The van der Waals surface area contributed by atoms with Crippen LogP contribution in [0.1, 0.15) is 5.69 Å². The van der Waals surface area contributed by atoms with E-state index in [1.165, 1.54) is 0 Å². The first-order valence-corrected chi connectivity index (χ1v) is 4.54. The molecule has 0 aliphatic heterocycles. The van der Waals surface area contributed by atoms with Crippen LogP contribution in [0.5, 0.6) is 0 Å². The highest BCUT2D eigenvalue weighted by Crippen LogP contribution is 2.26. The number of benzene rings is 1. The molecule has 2 rings (SSSR count). The summed E-state index contributed by atoms with van der Waals surface area (Å²) in [5, 5.41) is 0. The molecule has 0 bridgehead atoms. The third-order valence-corrected chi connectivity index (χ3v) is 2.31. The molecule has 1 aromatic carbocycles. The minimum atomic E-state index is -4.82. The molecule has 0 unspecified atom stereocenters. The Morgan fingerprint density at radius 1 is 1.29 bits per heavy atom. The summed E-state index contributed by atoms with van der Waals surface area (Å²) in [6.45, 7) is 0. The zero-order chi connectivity index (χ0) is 12.8. The van der Waals surface area contributed by atoms with Gasteiger partial charge in [-0.25, -0.2) is 9.37 Å². The van der Waals surface area contributed by atoms with Gasteiger partial charge >= 0.3 is 6.18 Å². The maximum absolute atomic E-state index is 12.9. The van der Waals surface area contributed by atoms with E-state index >= 15 is 0 Å². The van der Waals surface area contributed by atoms with Crippen molar-refractivity contribution in [3.8, 4) is 0 Å². The molecular weight excluding hydrogens is 240 g/mol. The average Bonchev–Trinajstić information content (AvgIpc) is 2.22. The van der Waals surface area contributed by atoms with Crippen molar-refractivity contribution in [1.29, 1.82) is 0 Å². The summed E-state index contributed by atoms with van der Waals surface area (Å²) in [6, 6.07) is 3.04. The number of fused-ring (bicyclic) bond motifs is 1. The average molecular weight is 246 g/mol. The molecule has 0 radical (unpaired) electrons. The molecule has 1 heterocycles. The molecule has 0 atom stereocenters. The van der Waals surface area contributed by atoms with Gasteiger partial charge < -0.3 is 4.57 Å². The number of nitrogens with zero attached hydrogens (tertiary/aromatic N) is 2. The lowest BCUT2D eigenvalue weighted by Gasteiger charge is -2.09. The Labute approximate surface area is 92.3 Å². The summed E-state index contributed by atoms with van der Waals surface area (Å²) >= 11 is 0. The highest BCUT2D eigenvalue weighted by atomic mass is 19.4. The molecule has 0 spiro atoms. The quantitative estimate of drug-likeness (QED) is 0.667. The van der Waals surface area contributed by atoms with Crippen molar-refractivity contribution in [3.63, 3.8) is 0 Å². The van der Waals surface area contributed by atoms with Crippen molar-refractivity contribution in [2.45, 2.75) is 6.18 Å². The van der Waals surface area contributed by atoms with Crippen LogP contribution in [0, 0.1) is 5.82 Å². The Kier molecular flexibility index (Phi) is 2.41. The van der Waals surface area contributed by atoms with Crippen molar-refractivity contribution in [2.24, 2.45) is 7.05 Å². The highest BCUT2D eigenvalue weighted by Gasteiger charge is 2.37. The van der Waals surface area contributed by atoms with Crippen LogP contribution in [-0.2, 0) is 13.2 Å². The van der Waals surface area contributed by atoms with E-state index in [1.54, 1.807) is 0 Å². The van der Waals surface area contributed by atoms with Crippen LogP contribution in [0.25, 0.3) is 11.0 Å². The van der Waals surface area contributed by atoms with Gasteiger partial charge in [-0.1, -0.05) is 0 Å². The number of aryl methyl sites for hydroxylation is 1.